The normalized spacial score (nSPS) is 14.8. The second kappa shape index (κ2) is 6.19. The molecule has 2 rings (SSSR count). The quantitative estimate of drug-likeness (QED) is 0.859. The molecule has 1 aliphatic heterocycles. The highest BCUT2D eigenvalue weighted by Gasteiger charge is 2.18. The maximum absolute atomic E-state index is 12.0. The summed E-state index contributed by atoms with van der Waals surface area (Å²) in [5, 5.41) is 3.53. The van der Waals surface area contributed by atoms with Gasteiger partial charge in [0.25, 0.3) is 0 Å². The van der Waals surface area contributed by atoms with Gasteiger partial charge in [0, 0.05) is 25.1 Å². The van der Waals surface area contributed by atoms with Crippen molar-refractivity contribution in [1.29, 1.82) is 0 Å². The molecule has 0 bridgehead atoms. The minimum Gasteiger partial charge on any atom is -0.361 e. The van der Waals surface area contributed by atoms with Crippen LogP contribution in [0.4, 0.5) is 5.82 Å². The van der Waals surface area contributed by atoms with Crippen LogP contribution < -0.4 is 5.32 Å². The molecule has 0 radical (unpaired) electrons. The molecule has 1 aromatic rings. The maximum atomic E-state index is 12.0. The molecule has 0 aliphatic carbocycles. The second-order valence-corrected chi connectivity index (χ2v) is 5.06. The fraction of sp³-hybridized carbons (Fsp3) is 0.615. The van der Waals surface area contributed by atoms with Crippen molar-refractivity contribution in [3.05, 3.63) is 16.5 Å². The van der Waals surface area contributed by atoms with E-state index >= 15 is 0 Å². The van der Waals surface area contributed by atoms with Crippen molar-refractivity contribution < 1.29 is 4.79 Å². The molecule has 1 aliphatic rings. The number of halogens is 1. The Bertz CT molecular complexity index is 472. The minimum absolute atomic E-state index is 0.115. The summed E-state index contributed by atoms with van der Waals surface area (Å²) in [4.78, 5) is 22.4. The average molecular weight is 283 g/mol. The summed E-state index contributed by atoms with van der Waals surface area (Å²) in [6, 6.07) is 0. The van der Waals surface area contributed by atoms with Crippen molar-refractivity contribution in [2.75, 3.05) is 25.0 Å². The number of anilines is 1. The van der Waals surface area contributed by atoms with Gasteiger partial charge < -0.3 is 10.2 Å². The molecule has 6 heteroatoms. The number of aryl methyl sites for hydroxylation is 1. The summed E-state index contributed by atoms with van der Waals surface area (Å²) < 4.78 is 0. The van der Waals surface area contributed by atoms with E-state index in [4.69, 9.17) is 11.6 Å². The molecule has 1 fully saturated rings. The number of aromatic nitrogens is 2. The van der Waals surface area contributed by atoms with Gasteiger partial charge in [-0.25, -0.2) is 9.97 Å². The number of rotatable bonds is 4. The average Bonchev–Trinajstić information content (AvgIpc) is 2.94. The van der Waals surface area contributed by atoms with Crippen LogP contribution in [0.2, 0.25) is 5.15 Å². The fourth-order valence-corrected chi connectivity index (χ4v) is 2.29. The van der Waals surface area contributed by atoms with E-state index in [2.05, 4.69) is 15.3 Å². The Morgan fingerprint density at radius 3 is 2.68 bits per heavy atom. The lowest BCUT2D eigenvalue weighted by Crippen LogP contribution is -2.33. The molecule has 1 saturated heterocycles. The first kappa shape index (κ1) is 14.1. The summed E-state index contributed by atoms with van der Waals surface area (Å²) in [5.41, 5.74) is 0.785. The van der Waals surface area contributed by atoms with Gasteiger partial charge in [0.1, 0.15) is 16.8 Å². The van der Waals surface area contributed by atoms with Crippen LogP contribution in [0.15, 0.2) is 0 Å². The molecular formula is C13H19ClN4O. The van der Waals surface area contributed by atoms with Crippen LogP contribution in [0.3, 0.4) is 0 Å². The molecule has 1 aromatic heterocycles. The molecule has 1 N–H and O–H groups in total. The number of likely N-dealkylation sites (tertiary alicyclic amines) is 1. The Morgan fingerprint density at radius 2 is 2.05 bits per heavy atom. The summed E-state index contributed by atoms with van der Waals surface area (Å²) in [6.07, 6.45) is 2.92. The van der Waals surface area contributed by atoms with Gasteiger partial charge in [-0.15, -0.1) is 0 Å². The van der Waals surface area contributed by atoms with Gasteiger partial charge in [0.15, 0.2) is 0 Å². The molecule has 0 unspecified atom stereocenters. The van der Waals surface area contributed by atoms with Crippen molar-refractivity contribution in [3.8, 4) is 0 Å². The fourth-order valence-electron chi connectivity index (χ4n) is 2.10. The van der Waals surface area contributed by atoms with Gasteiger partial charge in [0.2, 0.25) is 5.91 Å². The summed E-state index contributed by atoms with van der Waals surface area (Å²) in [6.45, 7) is 5.82. The first-order chi connectivity index (χ1) is 9.11. The highest BCUT2D eigenvalue weighted by molar-refractivity contribution is 6.30. The zero-order chi connectivity index (χ0) is 13.8. The number of nitrogens with zero attached hydrogens (tertiary/aromatic N) is 3. The zero-order valence-corrected chi connectivity index (χ0v) is 12.1. The molecule has 0 atom stereocenters. The van der Waals surface area contributed by atoms with Crippen molar-refractivity contribution in [2.24, 2.45) is 0 Å². The minimum atomic E-state index is 0.115. The molecule has 1 amide bonds. The predicted molar refractivity (Wildman–Crippen MR) is 75.5 cm³/mol. The largest absolute Gasteiger partial charge is 0.361 e. The molecule has 19 heavy (non-hydrogen) atoms. The van der Waals surface area contributed by atoms with Gasteiger partial charge in [-0.05, 0) is 19.8 Å². The Balaban J connectivity index is 2.02. The number of nitrogens with one attached hydrogen (secondary N) is 1. The van der Waals surface area contributed by atoms with Crippen LogP contribution in [0, 0.1) is 6.92 Å². The Labute approximate surface area is 118 Å². The number of amides is 1. The van der Waals surface area contributed by atoms with E-state index < -0.39 is 0 Å². The first-order valence-corrected chi connectivity index (χ1v) is 7.04. The zero-order valence-electron chi connectivity index (χ0n) is 11.4. The van der Waals surface area contributed by atoms with Crippen LogP contribution in [-0.4, -0.2) is 40.4 Å². The lowest BCUT2D eigenvalue weighted by molar-refractivity contribution is -0.128. The standard InChI is InChI=1S/C13H19ClN4O/c1-3-10-16-12(14)9(2)13(17-10)15-8-11(19)18-6-4-5-7-18/h3-8H2,1-2H3,(H,15,16,17). The van der Waals surface area contributed by atoms with Crippen molar-refractivity contribution in [2.45, 2.75) is 33.1 Å². The van der Waals surface area contributed by atoms with Gasteiger partial charge in [-0.3, -0.25) is 4.79 Å². The van der Waals surface area contributed by atoms with E-state index in [-0.39, 0.29) is 12.5 Å². The maximum Gasteiger partial charge on any atom is 0.241 e. The van der Waals surface area contributed by atoms with Gasteiger partial charge in [-0.2, -0.15) is 0 Å². The van der Waals surface area contributed by atoms with Crippen LogP contribution in [0.25, 0.3) is 0 Å². The molecule has 5 nitrogen and oxygen atoms in total. The van der Waals surface area contributed by atoms with Crippen molar-refractivity contribution in [3.63, 3.8) is 0 Å². The van der Waals surface area contributed by atoms with E-state index in [9.17, 15) is 4.79 Å². The number of hydrogen-bond donors (Lipinski definition) is 1. The highest BCUT2D eigenvalue weighted by atomic mass is 35.5. The first-order valence-electron chi connectivity index (χ1n) is 6.66. The SMILES string of the molecule is CCc1nc(Cl)c(C)c(NCC(=O)N2CCCC2)n1. The molecule has 0 spiro atoms. The van der Waals surface area contributed by atoms with E-state index in [0.717, 1.165) is 37.9 Å². The Morgan fingerprint density at radius 1 is 1.37 bits per heavy atom. The highest BCUT2D eigenvalue weighted by Crippen LogP contribution is 2.20. The molecule has 2 heterocycles. The summed E-state index contributed by atoms with van der Waals surface area (Å²) >= 11 is 6.05. The summed E-state index contributed by atoms with van der Waals surface area (Å²) in [5.74, 6) is 1.46. The van der Waals surface area contributed by atoms with Crippen LogP contribution in [-0.2, 0) is 11.2 Å². The van der Waals surface area contributed by atoms with Gasteiger partial charge >= 0.3 is 0 Å². The van der Waals surface area contributed by atoms with Crippen molar-refractivity contribution in [1.82, 2.24) is 14.9 Å². The van der Waals surface area contributed by atoms with E-state index in [0.29, 0.717) is 16.8 Å². The number of carbonyl (C=O) groups is 1. The third-order valence-electron chi connectivity index (χ3n) is 3.31. The molecule has 104 valence electrons. The van der Waals surface area contributed by atoms with Crippen molar-refractivity contribution >= 4 is 23.3 Å². The van der Waals surface area contributed by atoms with Crippen LogP contribution >= 0.6 is 11.6 Å². The topological polar surface area (TPSA) is 58.1 Å². The third-order valence-corrected chi connectivity index (χ3v) is 3.68. The smallest absolute Gasteiger partial charge is 0.241 e. The predicted octanol–water partition coefficient (Wildman–Crippen LogP) is 2.04. The number of carbonyl (C=O) groups excluding carboxylic acids is 1. The van der Waals surface area contributed by atoms with Gasteiger partial charge in [-0.1, -0.05) is 18.5 Å². The monoisotopic (exact) mass is 282 g/mol. The van der Waals surface area contributed by atoms with Gasteiger partial charge in [0.05, 0.1) is 6.54 Å². The Kier molecular flexibility index (Phi) is 4.58. The second-order valence-electron chi connectivity index (χ2n) is 4.70. The van der Waals surface area contributed by atoms with E-state index in [1.807, 2.05) is 18.7 Å². The van der Waals surface area contributed by atoms with E-state index in [1.54, 1.807) is 0 Å². The van der Waals surface area contributed by atoms with E-state index in [1.165, 1.54) is 0 Å². The lowest BCUT2D eigenvalue weighted by Gasteiger charge is -2.16. The third kappa shape index (κ3) is 3.35. The van der Waals surface area contributed by atoms with Crippen LogP contribution in [0.1, 0.15) is 31.2 Å². The lowest BCUT2D eigenvalue weighted by atomic mass is 10.3. The summed E-state index contributed by atoms with van der Waals surface area (Å²) in [7, 11) is 0. The Hall–Kier alpha value is -1.36. The molecular weight excluding hydrogens is 264 g/mol. The number of hydrogen-bond acceptors (Lipinski definition) is 4. The molecule has 0 aromatic carbocycles. The van der Waals surface area contributed by atoms with Crippen LogP contribution in [0.5, 0.6) is 0 Å². The molecule has 0 saturated carbocycles.